The molecule has 1 heterocycles. The Balaban J connectivity index is 1.96. The summed E-state index contributed by atoms with van der Waals surface area (Å²) in [6, 6.07) is 11.7. The minimum Gasteiger partial charge on any atom is -0.468 e. The van der Waals surface area contributed by atoms with Crippen LogP contribution in [0.5, 0.6) is 0 Å². The van der Waals surface area contributed by atoms with Gasteiger partial charge in [-0.2, -0.15) is 0 Å². The molecule has 5 heteroatoms. The van der Waals surface area contributed by atoms with Crippen LogP contribution in [-0.4, -0.2) is 5.91 Å². The lowest BCUT2D eigenvalue weighted by molar-refractivity contribution is 0.0953. The molecule has 4 nitrogen and oxygen atoms in total. The standard InChI is InChI=1S/C12H12N2O2S/c13-14-12(15)9-6-10(16-7-9)8-17-11-4-2-1-3-5-11/h1-7H,8,13H2,(H,14,15). The summed E-state index contributed by atoms with van der Waals surface area (Å²) in [5.74, 6) is 6.12. The van der Waals surface area contributed by atoms with Gasteiger partial charge in [-0.05, 0) is 18.2 Å². The van der Waals surface area contributed by atoms with E-state index in [0.717, 1.165) is 10.7 Å². The maximum atomic E-state index is 11.2. The van der Waals surface area contributed by atoms with E-state index < -0.39 is 0 Å². The molecule has 0 spiro atoms. The van der Waals surface area contributed by atoms with Crippen LogP contribution in [0.25, 0.3) is 0 Å². The molecule has 0 aliphatic carbocycles. The number of nitrogens with two attached hydrogens (primary N) is 1. The van der Waals surface area contributed by atoms with Gasteiger partial charge in [0.25, 0.3) is 5.91 Å². The maximum absolute atomic E-state index is 11.2. The van der Waals surface area contributed by atoms with Gasteiger partial charge in [-0.3, -0.25) is 10.2 Å². The van der Waals surface area contributed by atoms with Crippen molar-refractivity contribution in [2.75, 3.05) is 0 Å². The molecular weight excluding hydrogens is 236 g/mol. The first-order valence-corrected chi connectivity index (χ1v) is 6.04. The highest BCUT2D eigenvalue weighted by atomic mass is 32.2. The summed E-state index contributed by atoms with van der Waals surface area (Å²) in [5.41, 5.74) is 2.50. The summed E-state index contributed by atoms with van der Waals surface area (Å²) < 4.78 is 5.27. The highest BCUT2D eigenvalue weighted by Gasteiger charge is 2.08. The van der Waals surface area contributed by atoms with E-state index in [9.17, 15) is 4.79 Å². The molecule has 0 bridgehead atoms. The van der Waals surface area contributed by atoms with Crippen molar-refractivity contribution in [1.29, 1.82) is 0 Å². The van der Waals surface area contributed by atoms with E-state index in [1.807, 2.05) is 30.3 Å². The van der Waals surface area contributed by atoms with Gasteiger partial charge in [-0.25, -0.2) is 5.84 Å². The third kappa shape index (κ3) is 3.12. The number of nitrogen functional groups attached to an aromatic ring is 1. The molecule has 2 rings (SSSR count). The van der Waals surface area contributed by atoms with Gasteiger partial charge >= 0.3 is 0 Å². The maximum Gasteiger partial charge on any atom is 0.268 e. The lowest BCUT2D eigenvalue weighted by Gasteiger charge is -1.97. The molecule has 88 valence electrons. The zero-order valence-corrected chi connectivity index (χ0v) is 9.87. The Morgan fingerprint density at radius 1 is 1.35 bits per heavy atom. The van der Waals surface area contributed by atoms with Gasteiger partial charge in [0.1, 0.15) is 12.0 Å². The largest absolute Gasteiger partial charge is 0.468 e. The lowest BCUT2D eigenvalue weighted by atomic mass is 10.3. The van der Waals surface area contributed by atoms with Crippen molar-refractivity contribution in [3.8, 4) is 0 Å². The molecule has 1 aromatic heterocycles. The summed E-state index contributed by atoms with van der Waals surface area (Å²) in [6.07, 6.45) is 1.41. The number of hydrogen-bond donors (Lipinski definition) is 2. The van der Waals surface area contributed by atoms with Crippen LogP contribution in [0, 0.1) is 0 Å². The SMILES string of the molecule is NNC(=O)c1coc(CSc2ccccc2)c1. The van der Waals surface area contributed by atoms with Crippen LogP contribution in [-0.2, 0) is 5.75 Å². The van der Waals surface area contributed by atoms with Crippen molar-refractivity contribution in [1.82, 2.24) is 5.43 Å². The number of hydrogen-bond acceptors (Lipinski definition) is 4. The fraction of sp³-hybridized carbons (Fsp3) is 0.0833. The van der Waals surface area contributed by atoms with Gasteiger partial charge in [0.2, 0.25) is 0 Å². The molecule has 1 amide bonds. The summed E-state index contributed by atoms with van der Waals surface area (Å²) in [6.45, 7) is 0. The molecule has 0 unspecified atom stereocenters. The first-order valence-electron chi connectivity index (χ1n) is 5.06. The number of thioether (sulfide) groups is 1. The van der Waals surface area contributed by atoms with E-state index in [0.29, 0.717) is 11.3 Å². The number of nitrogens with one attached hydrogen (secondary N) is 1. The van der Waals surface area contributed by atoms with Gasteiger partial charge in [0.05, 0.1) is 11.3 Å². The van der Waals surface area contributed by atoms with Crippen molar-refractivity contribution in [2.45, 2.75) is 10.6 Å². The van der Waals surface area contributed by atoms with Gasteiger partial charge in [-0.1, -0.05) is 18.2 Å². The number of hydrazine groups is 1. The second-order valence-electron chi connectivity index (χ2n) is 3.38. The fourth-order valence-corrected chi connectivity index (χ4v) is 2.14. The number of carbonyl (C=O) groups excluding carboxylic acids is 1. The summed E-state index contributed by atoms with van der Waals surface area (Å²) in [4.78, 5) is 12.4. The van der Waals surface area contributed by atoms with Crippen LogP contribution < -0.4 is 11.3 Å². The predicted octanol–water partition coefficient (Wildman–Crippen LogP) is 2.18. The first-order chi connectivity index (χ1) is 8.29. The Hall–Kier alpha value is -1.72. The van der Waals surface area contributed by atoms with E-state index in [1.165, 1.54) is 6.26 Å². The Labute approximate surface area is 103 Å². The molecule has 2 aromatic rings. The number of amides is 1. The van der Waals surface area contributed by atoms with Crippen LogP contribution >= 0.6 is 11.8 Å². The summed E-state index contributed by atoms with van der Waals surface area (Å²) >= 11 is 1.65. The van der Waals surface area contributed by atoms with Crippen LogP contribution in [0.2, 0.25) is 0 Å². The monoisotopic (exact) mass is 248 g/mol. The average molecular weight is 248 g/mol. The minimum atomic E-state index is -0.343. The molecule has 0 saturated heterocycles. The Bertz CT molecular complexity index is 496. The highest BCUT2D eigenvalue weighted by Crippen LogP contribution is 2.23. The molecule has 0 saturated carbocycles. The Kier molecular flexibility index (Phi) is 3.85. The third-order valence-electron chi connectivity index (χ3n) is 2.17. The Morgan fingerprint density at radius 2 is 2.12 bits per heavy atom. The second-order valence-corrected chi connectivity index (χ2v) is 4.43. The lowest BCUT2D eigenvalue weighted by Crippen LogP contribution is -2.29. The van der Waals surface area contributed by atoms with Gasteiger partial charge in [-0.15, -0.1) is 11.8 Å². The van der Waals surface area contributed by atoms with Crippen LogP contribution in [0.3, 0.4) is 0 Å². The predicted molar refractivity (Wildman–Crippen MR) is 66.4 cm³/mol. The normalized spacial score (nSPS) is 10.2. The fourth-order valence-electron chi connectivity index (χ4n) is 1.33. The molecule has 0 aliphatic rings. The zero-order chi connectivity index (χ0) is 12.1. The van der Waals surface area contributed by atoms with Crippen LogP contribution in [0.4, 0.5) is 0 Å². The van der Waals surface area contributed by atoms with Gasteiger partial charge in [0, 0.05) is 4.90 Å². The van der Waals surface area contributed by atoms with Crippen molar-refractivity contribution in [2.24, 2.45) is 5.84 Å². The van der Waals surface area contributed by atoms with Crippen molar-refractivity contribution >= 4 is 17.7 Å². The van der Waals surface area contributed by atoms with Crippen molar-refractivity contribution in [3.63, 3.8) is 0 Å². The van der Waals surface area contributed by atoms with Crippen molar-refractivity contribution in [3.05, 3.63) is 54.0 Å². The number of furan rings is 1. The van der Waals surface area contributed by atoms with E-state index in [-0.39, 0.29) is 5.91 Å². The number of carbonyl (C=O) groups is 1. The topological polar surface area (TPSA) is 68.3 Å². The molecule has 1 aromatic carbocycles. The first kappa shape index (κ1) is 11.8. The minimum absolute atomic E-state index is 0.343. The quantitative estimate of drug-likeness (QED) is 0.376. The van der Waals surface area contributed by atoms with Gasteiger partial charge in [0.15, 0.2) is 0 Å². The molecule has 0 aliphatic heterocycles. The number of rotatable bonds is 4. The molecule has 17 heavy (non-hydrogen) atoms. The summed E-state index contributed by atoms with van der Waals surface area (Å²) in [5, 5.41) is 0. The van der Waals surface area contributed by atoms with Crippen LogP contribution in [0.1, 0.15) is 16.1 Å². The third-order valence-corrected chi connectivity index (χ3v) is 3.21. The number of benzene rings is 1. The smallest absolute Gasteiger partial charge is 0.268 e. The van der Waals surface area contributed by atoms with Crippen molar-refractivity contribution < 1.29 is 9.21 Å². The van der Waals surface area contributed by atoms with E-state index in [4.69, 9.17) is 10.3 Å². The molecule has 3 N–H and O–H groups in total. The van der Waals surface area contributed by atoms with E-state index in [2.05, 4.69) is 5.43 Å². The van der Waals surface area contributed by atoms with Crippen LogP contribution in [0.15, 0.2) is 52.0 Å². The average Bonchev–Trinajstić information content (AvgIpc) is 2.85. The molecular formula is C12H12N2O2S. The summed E-state index contributed by atoms with van der Waals surface area (Å²) in [7, 11) is 0. The van der Waals surface area contributed by atoms with E-state index >= 15 is 0 Å². The molecule has 0 fully saturated rings. The zero-order valence-electron chi connectivity index (χ0n) is 9.05. The molecule has 0 radical (unpaired) electrons. The Morgan fingerprint density at radius 3 is 2.82 bits per heavy atom. The second kappa shape index (κ2) is 5.56. The molecule has 0 atom stereocenters. The van der Waals surface area contributed by atoms with Gasteiger partial charge < -0.3 is 4.42 Å². The highest BCUT2D eigenvalue weighted by molar-refractivity contribution is 7.98. The van der Waals surface area contributed by atoms with E-state index in [1.54, 1.807) is 17.8 Å².